The third-order valence-electron chi connectivity index (χ3n) is 2.25. The summed E-state index contributed by atoms with van der Waals surface area (Å²) in [5.74, 6) is -0.150. The van der Waals surface area contributed by atoms with Gasteiger partial charge in [0.2, 0.25) is 5.91 Å². The summed E-state index contributed by atoms with van der Waals surface area (Å²) in [5.41, 5.74) is 5.53. The molecule has 0 saturated carbocycles. The van der Waals surface area contributed by atoms with E-state index in [1.54, 1.807) is 31.2 Å². The Morgan fingerprint density at radius 1 is 1.17 bits per heavy atom. The van der Waals surface area contributed by atoms with E-state index in [2.05, 4.69) is 5.32 Å². The van der Waals surface area contributed by atoms with Crippen molar-refractivity contribution in [3.63, 3.8) is 0 Å². The standard InChI is InChI=1S/C13H18N2O3/c1-8(2)15-13(17)9(3)18-11-6-4-10(5-7-11)12(14)16/h4-9H,1-3H3,(H2,14,16)(H,15,17). The van der Waals surface area contributed by atoms with Gasteiger partial charge in [0, 0.05) is 11.6 Å². The lowest BCUT2D eigenvalue weighted by atomic mass is 10.2. The molecule has 98 valence electrons. The fourth-order valence-corrected chi connectivity index (χ4v) is 1.36. The highest BCUT2D eigenvalue weighted by molar-refractivity contribution is 5.92. The van der Waals surface area contributed by atoms with E-state index in [-0.39, 0.29) is 11.9 Å². The molecule has 1 aromatic rings. The average molecular weight is 250 g/mol. The first-order valence-corrected chi connectivity index (χ1v) is 5.77. The van der Waals surface area contributed by atoms with E-state index in [0.29, 0.717) is 11.3 Å². The van der Waals surface area contributed by atoms with Gasteiger partial charge in [0.15, 0.2) is 6.10 Å². The molecule has 0 fully saturated rings. The number of amides is 2. The van der Waals surface area contributed by atoms with Crippen molar-refractivity contribution in [2.24, 2.45) is 5.73 Å². The molecular formula is C13H18N2O3. The second kappa shape index (κ2) is 6.05. The Balaban J connectivity index is 2.61. The maximum Gasteiger partial charge on any atom is 0.260 e. The Bertz CT molecular complexity index is 426. The van der Waals surface area contributed by atoms with Crippen molar-refractivity contribution in [3.8, 4) is 5.75 Å². The summed E-state index contributed by atoms with van der Waals surface area (Å²) in [6, 6.07) is 6.41. The third kappa shape index (κ3) is 4.08. The number of carbonyl (C=O) groups is 2. The number of nitrogens with one attached hydrogen (secondary N) is 1. The van der Waals surface area contributed by atoms with Gasteiger partial charge in [-0.3, -0.25) is 9.59 Å². The largest absolute Gasteiger partial charge is 0.481 e. The van der Waals surface area contributed by atoms with Crippen LogP contribution in [0.5, 0.6) is 5.75 Å². The smallest absolute Gasteiger partial charge is 0.260 e. The van der Waals surface area contributed by atoms with Crippen molar-refractivity contribution in [1.82, 2.24) is 5.32 Å². The van der Waals surface area contributed by atoms with Gasteiger partial charge in [0.1, 0.15) is 5.75 Å². The first-order chi connectivity index (χ1) is 8.40. The van der Waals surface area contributed by atoms with Crippen molar-refractivity contribution in [2.75, 3.05) is 0 Å². The summed E-state index contributed by atoms with van der Waals surface area (Å²) in [7, 11) is 0. The quantitative estimate of drug-likeness (QED) is 0.820. The molecule has 0 aromatic heterocycles. The zero-order valence-electron chi connectivity index (χ0n) is 10.8. The molecule has 1 aromatic carbocycles. The van der Waals surface area contributed by atoms with Crippen LogP contribution >= 0.6 is 0 Å². The average Bonchev–Trinajstić information content (AvgIpc) is 2.28. The van der Waals surface area contributed by atoms with E-state index >= 15 is 0 Å². The first-order valence-electron chi connectivity index (χ1n) is 5.77. The molecule has 0 saturated heterocycles. The van der Waals surface area contributed by atoms with E-state index in [4.69, 9.17) is 10.5 Å². The van der Waals surface area contributed by atoms with Crippen molar-refractivity contribution in [1.29, 1.82) is 0 Å². The number of carbonyl (C=O) groups excluding carboxylic acids is 2. The summed E-state index contributed by atoms with van der Waals surface area (Å²) >= 11 is 0. The van der Waals surface area contributed by atoms with Crippen LogP contribution < -0.4 is 15.8 Å². The highest BCUT2D eigenvalue weighted by Gasteiger charge is 2.15. The molecule has 3 N–H and O–H groups in total. The van der Waals surface area contributed by atoms with Gasteiger partial charge in [-0.05, 0) is 45.0 Å². The lowest BCUT2D eigenvalue weighted by Crippen LogP contribution is -2.40. The molecule has 1 rings (SSSR count). The van der Waals surface area contributed by atoms with E-state index in [1.807, 2.05) is 13.8 Å². The summed E-state index contributed by atoms with van der Waals surface area (Å²) in [6.07, 6.45) is -0.591. The van der Waals surface area contributed by atoms with Crippen LogP contribution in [0.25, 0.3) is 0 Å². The maximum atomic E-state index is 11.6. The summed E-state index contributed by atoms with van der Waals surface area (Å²) in [5, 5.41) is 2.75. The molecule has 0 aliphatic heterocycles. The molecule has 2 amide bonds. The van der Waals surface area contributed by atoms with Crippen molar-refractivity contribution in [2.45, 2.75) is 32.9 Å². The van der Waals surface area contributed by atoms with Crippen LogP contribution in [0.4, 0.5) is 0 Å². The molecule has 0 bridgehead atoms. The van der Waals surface area contributed by atoms with E-state index < -0.39 is 12.0 Å². The van der Waals surface area contributed by atoms with Gasteiger partial charge >= 0.3 is 0 Å². The van der Waals surface area contributed by atoms with Crippen molar-refractivity contribution in [3.05, 3.63) is 29.8 Å². The highest BCUT2D eigenvalue weighted by atomic mass is 16.5. The number of hydrogen-bond donors (Lipinski definition) is 2. The third-order valence-corrected chi connectivity index (χ3v) is 2.25. The van der Waals surface area contributed by atoms with Crippen LogP contribution in [0.1, 0.15) is 31.1 Å². The minimum absolute atomic E-state index is 0.0702. The van der Waals surface area contributed by atoms with E-state index in [9.17, 15) is 9.59 Å². The summed E-state index contributed by atoms with van der Waals surface area (Å²) < 4.78 is 5.45. The minimum Gasteiger partial charge on any atom is -0.481 e. The van der Waals surface area contributed by atoms with Crippen molar-refractivity contribution >= 4 is 11.8 Å². The number of primary amides is 1. The Kier molecular flexibility index (Phi) is 4.71. The van der Waals surface area contributed by atoms with Crippen LogP contribution in [0.3, 0.4) is 0 Å². The van der Waals surface area contributed by atoms with Gasteiger partial charge in [0.05, 0.1) is 0 Å². The van der Waals surface area contributed by atoms with E-state index in [0.717, 1.165) is 0 Å². The van der Waals surface area contributed by atoms with Crippen LogP contribution in [-0.4, -0.2) is 24.0 Å². The van der Waals surface area contributed by atoms with Crippen LogP contribution in [0.15, 0.2) is 24.3 Å². The lowest BCUT2D eigenvalue weighted by Gasteiger charge is -2.16. The highest BCUT2D eigenvalue weighted by Crippen LogP contribution is 2.13. The molecule has 5 nitrogen and oxygen atoms in total. The number of rotatable bonds is 5. The molecule has 5 heteroatoms. The molecule has 0 heterocycles. The Labute approximate surface area is 106 Å². The fraction of sp³-hybridized carbons (Fsp3) is 0.385. The predicted octanol–water partition coefficient (Wildman–Crippen LogP) is 1.08. The van der Waals surface area contributed by atoms with Crippen LogP contribution in [0, 0.1) is 0 Å². The normalized spacial score (nSPS) is 12.0. The molecule has 18 heavy (non-hydrogen) atoms. The Morgan fingerprint density at radius 3 is 2.17 bits per heavy atom. The number of hydrogen-bond acceptors (Lipinski definition) is 3. The molecule has 1 unspecified atom stereocenters. The number of nitrogens with two attached hydrogens (primary N) is 1. The Hall–Kier alpha value is -2.04. The molecular weight excluding hydrogens is 232 g/mol. The lowest BCUT2D eigenvalue weighted by molar-refractivity contribution is -0.127. The van der Waals surface area contributed by atoms with Gasteiger partial charge in [-0.2, -0.15) is 0 Å². The van der Waals surface area contributed by atoms with Gasteiger partial charge < -0.3 is 15.8 Å². The van der Waals surface area contributed by atoms with Gasteiger partial charge in [-0.25, -0.2) is 0 Å². The number of ether oxygens (including phenoxy) is 1. The zero-order chi connectivity index (χ0) is 13.7. The molecule has 0 aliphatic carbocycles. The maximum absolute atomic E-state index is 11.6. The molecule has 1 atom stereocenters. The number of benzene rings is 1. The topological polar surface area (TPSA) is 81.4 Å². The van der Waals surface area contributed by atoms with Crippen LogP contribution in [0.2, 0.25) is 0 Å². The first kappa shape index (κ1) is 14.0. The summed E-state index contributed by atoms with van der Waals surface area (Å²) in [4.78, 5) is 22.5. The Morgan fingerprint density at radius 2 is 1.72 bits per heavy atom. The molecule has 0 aliphatic rings. The van der Waals surface area contributed by atoms with Gasteiger partial charge in [-0.15, -0.1) is 0 Å². The van der Waals surface area contributed by atoms with Crippen molar-refractivity contribution < 1.29 is 14.3 Å². The molecule has 0 radical (unpaired) electrons. The zero-order valence-corrected chi connectivity index (χ0v) is 10.8. The van der Waals surface area contributed by atoms with Gasteiger partial charge in [0.25, 0.3) is 5.91 Å². The monoisotopic (exact) mass is 250 g/mol. The fourth-order valence-electron chi connectivity index (χ4n) is 1.36. The molecule has 0 spiro atoms. The second-order valence-corrected chi connectivity index (χ2v) is 4.31. The van der Waals surface area contributed by atoms with Crippen LogP contribution in [-0.2, 0) is 4.79 Å². The summed E-state index contributed by atoms with van der Waals surface area (Å²) in [6.45, 7) is 5.43. The minimum atomic E-state index is -0.591. The van der Waals surface area contributed by atoms with E-state index in [1.165, 1.54) is 0 Å². The SMILES string of the molecule is CC(C)NC(=O)C(C)Oc1ccc(C(N)=O)cc1. The van der Waals surface area contributed by atoms with Gasteiger partial charge in [-0.1, -0.05) is 0 Å². The second-order valence-electron chi connectivity index (χ2n) is 4.31. The predicted molar refractivity (Wildman–Crippen MR) is 68.3 cm³/mol.